The van der Waals surface area contributed by atoms with E-state index >= 15 is 0 Å². The van der Waals surface area contributed by atoms with Crippen LogP contribution in [0.2, 0.25) is 10.0 Å². The van der Waals surface area contributed by atoms with E-state index in [4.69, 9.17) is 38.7 Å². The molecule has 9 heteroatoms. The molecule has 0 bridgehead atoms. The first kappa shape index (κ1) is 23.1. The summed E-state index contributed by atoms with van der Waals surface area (Å²) in [6.45, 7) is 6.63. The van der Waals surface area contributed by atoms with Gasteiger partial charge >= 0.3 is 5.97 Å². The molecule has 0 aliphatic carbocycles. The molecule has 2 N–H and O–H groups in total. The lowest BCUT2D eigenvalue weighted by Gasteiger charge is -2.37. The van der Waals surface area contributed by atoms with Crippen LogP contribution >= 0.6 is 23.2 Å². The summed E-state index contributed by atoms with van der Waals surface area (Å²) in [5.41, 5.74) is 9.85. The molecule has 0 unspecified atom stereocenters. The van der Waals surface area contributed by atoms with Gasteiger partial charge in [-0.2, -0.15) is 0 Å². The van der Waals surface area contributed by atoms with Crippen molar-refractivity contribution in [2.45, 2.75) is 13.8 Å². The molecule has 1 aliphatic rings. The predicted molar refractivity (Wildman–Crippen MR) is 133 cm³/mol. The summed E-state index contributed by atoms with van der Waals surface area (Å²) in [4.78, 5) is 26.6. The number of hydrogen-bond donors (Lipinski definition) is 1. The van der Waals surface area contributed by atoms with E-state index in [0.29, 0.717) is 45.9 Å². The lowest BCUT2D eigenvalue weighted by atomic mass is 10.1. The molecule has 1 fully saturated rings. The van der Waals surface area contributed by atoms with E-state index in [-0.39, 0.29) is 12.3 Å². The summed E-state index contributed by atoms with van der Waals surface area (Å²) in [5.74, 6) is -0.0114. The summed E-state index contributed by atoms with van der Waals surface area (Å²) >= 11 is 12.6. The summed E-state index contributed by atoms with van der Waals surface area (Å²) < 4.78 is 5.30. The van der Waals surface area contributed by atoms with Crippen molar-refractivity contribution in [1.82, 2.24) is 9.97 Å². The van der Waals surface area contributed by atoms with Crippen LogP contribution in [-0.2, 0) is 4.74 Å². The monoisotopic (exact) mass is 485 g/mol. The van der Waals surface area contributed by atoms with Crippen LogP contribution in [0.1, 0.15) is 23.1 Å². The molecule has 0 spiro atoms. The second-order valence-electron chi connectivity index (χ2n) is 7.68. The Bertz CT molecular complexity index is 1180. The highest BCUT2D eigenvalue weighted by Crippen LogP contribution is 2.35. The van der Waals surface area contributed by atoms with Crippen molar-refractivity contribution in [3.63, 3.8) is 0 Å². The van der Waals surface area contributed by atoms with Crippen molar-refractivity contribution in [3.8, 4) is 11.3 Å². The van der Waals surface area contributed by atoms with Crippen LogP contribution in [0, 0.1) is 6.92 Å². The largest absolute Gasteiger partial charge is 0.461 e. The lowest BCUT2D eigenvalue weighted by Crippen LogP contribution is -2.47. The van der Waals surface area contributed by atoms with Crippen LogP contribution in [0.5, 0.6) is 0 Å². The van der Waals surface area contributed by atoms with Gasteiger partial charge < -0.3 is 20.3 Å². The van der Waals surface area contributed by atoms with Gasteiger partial charge in [0.2, 0.25) is 0 Å². The number of para-hydroxylation sites is 2. The van der Waals surface area contributed by atoms with E-state index in [0.717, 1.165) is 24.5 Å². The summed E-state index contributed by atoms with van der Waals surface area (Å²) in [6, 6.07) is 13.1. The van der Waals surface area contributed by atoms with Crippen LogP contribution in [0.25, 0.3) is 11.3 Å². The quantitative estimate of drug-likeness (QED) is 0.408. The lowest BCUT2D eigenvalue weighted by molar-refractivity contribution is 0.0520. The van der Waals surface area contributed by atoms with E-state index in [1.165, 1.54) is 0 Å². The van der Waals surface area contributed by atoms with Gasteiger partial charge in [0.25, 0.3) is 0 Å². The number of hydrogen-bond acceptors (Lipinski definition) is 7. The Kier molecular flexibility index (Phi) is 6.91. The zero-order chi connectivity index (χ0) is 23.5. The molecule has 172 valence electrons. The number of benzene rings is 2. The maximum absolute atomic E-state index is 12.8. The fourth-order valence-corrected chi connectivity index (χ4v) is 4.33. The summed E-state index contributed by atoms with van der Waals surface area (Å²) in [6.07, 6.45) is 0. The van der Waals surface area contributed by atoms with E-state index in [2.05, 4.69) is 14.8 Å². The number of anilines is 3. The van der Waals surface area contributed by atoms with Crippen LogP contribution in [0.4, 0.5) is 17.2 Å². The number of carbonyl (C=O) groups is 1. The molecule has 4 rings (SSSR count). The molecule has 0 radical (unpaired) electrons. The van der Waals surface area contributed by atoms with Gasteiger partial charge in [-0.25, -0.2) is 14.8 Å². The summed E-state index contributed by atoms with van der Waals surface area (Å²) in [5, 5.41) is 0.779. The first-order valence-electron chi connectivity index (χ1n) is 10.7. The van der Waals surface area contributed by atoms with E-state index < -0.39 is 5.97 Å². The molecule has 1 aliphatic heterocycles. The minimum absolute atomic E-state index is 0.168. The molecule has 0 atom stereocenters. The number of nitrogens with zero attached hydrogens (tertiary/aromatic N) is 4. The Morgan fingerprint density at radius 2 is 1.73 bits per heavy atom. The van der Waals surface area contributed by atoms with Crippen molar-refractivity contribution in [2.24, 2.45) is 0 Å². The maximum Gasteiger partial charge on any atom is 0.360 e. The van der Waals surface area contributed by atoms with Gasteiger partial charge in [0.05, 0.1) is 39.4 Å². The maximum atomic E-state index is 12.8. The highest BCUT2D eigenvalue weighted by atomic mass is 35.5. The minimum Gasteiger partial charge on any atom is -0.461 e. The van der Waals surface area contributed by atoms with Gasteiger partial charge in [0.1, 0.15) is 0 Å². The summed E-state index contributed by atoms with van der Waals surface area (Å²) in [7, 11) is 0. The molecular weight excluding hydrogens is 461 g/mol. The number of rotatable bonds is 5. The van der Waals surface area contributed by atoms with Crippen LogP contribution in [0.15, 0.2) is 42.5 Å². The Morgan fingerprint density at radius 3 is 2.42 bits per heavy atom. The van der Waals surface area contributed by atoms with Gasteiger partial charge in [-0.05, 0) is 32.0 Å². The van der Waals surface area contributed by atoms with Crippen molar-refractivity contribution in [2.75, 3.05) is 48.3 Å². The number of halogens is 2. The smallest absolute Gasteiger partial charge is 0.360 e. The molecular formula is C24H25Cl2N5O2. The van der Waals surface area contributed by atoms with Gasteiger partial charge in [0, 0.05) is 31.7 Å². The number of esters is 1. The van der Waals surface area contributed by atoms with E-state index in [1.807, 2.05) is 37.3 Å². The average Bonchev–Trinajstić information content (AvgIpc) is 2.81. The third kappa shape index (κ3) is 4.70. The van der Waals surface area contributed by atoms with E-state index in [9.17, 15) is 4.79 Å². The van der Waals surface area contributed by atoms with Gasteiger partial charge in [-0.3, -0.25) is 0 Å². The second-order valence-corrected chi connectivity index (χ2v) is 8.47. The Labute approximate surface area is 203 Å². The zero-order valence-corrected chi connectivity index (χ0v) is 20.0. The SMILES string of the molecule is CCOC(=O)c1nc(-c2cccc(Cl)c2Cl)c(C)nc1N1CCN(c2ccccc2N)CC1. The van der Waals surface area contributed by atoms with Crippen molar-refractivity contribution in [1.29, 1.82) is 0 Å². The van der Waals surface area contributed by atoms with Gasteiger partial charge in [-0.15, -0.1) is 0 Å². The topological polar surface area (TPSA) is 84.6 Å². The molecule has 1 aromatic heterocycles. The molecule has 33 heavy (non-hydrogen) atoms. The first-order chi connectivity index (χ1) is 15.9. The number of aromatic nitrogens is 2. The minimum atomic E-state index is -0.519. The Hall–Kier alpha value is -3.03. The van der Waals surface area contributed by atoms with Crippen molar-refractivity contribution in [3.05, 3.63) is 63.9 Å². The Morgan fingerprint density at radius 1 is 1.03 bits per heavy atom. The second kappa shape index (κ2) is 9.85. The molecule has 3 aromatic rings. The molecule has 2 aromatic carbocycles. The number of ether oxygens (including phenoxy) is 1. The first-order valence-corrected chi connectivity index (χ1v) is 11.5. The van der Waals surface area contributed by atoms with Crippen LogP contribution < -0.4 is 15.5 Å². The highest BCUT2D eigenvalue weighted by Gasteiger charge is 2.27. The van der Waals surface area contributed by atoms with Crippen LogP contribution in [-0.4, -0.2) is 48.7 Å². The number of nitrogens with two attached hydrogens (primary N) is 1. The third-order valence-corrected chi connectivity index (χ3v) is 6.40. The highest BCUT2D eigenvalue weighted by molar-refractivity contribution is 6.43. The number of carbonyl (C=O) groups excluding carboxylic acids is 1. The molecule has 2 heterocycles. The van der Waals surface area contributed by atoms with Crippen LogP contribution in [0.3, 0.4) is 0 Å². The van der Waals surface area contributed by atoms with Gasteiger partial charge in [0.15, 0.2) is 11.5 Å². The van der Waals surface area contributed by atoms with Crippen molar-refractivity contribution >= 4 is 46.4 Å². The van der Waals surface area contributed by atoms with Gasteiger partial charge in [-0.1, -0.05) is 47.5 Å². The predicted octanol–water partition coefficient (Wildman–Crippen LogP) is 4.84. The van der Waals surface area contributed by atoms with E-state index in [1.54, 1.807) is 19.1 Å². The fraction of sp³-hybridized carbons (Fsp3) is 0.292. The standard InChI is InChI=1S/C24H25Cl2N5O2/c1-3-33-24(32)22-23(28-15(2)21(29-22)16-7-6-8-17(25)20(16)26)31-13-11-30(12-14-31)19-10-5-4-9-18(19)27/h4-10H,3,11-14,27H2,1-2H3. The third-order valence-electron chi connectivity index (χ3n) is 5.58. The fourth-order valence-electron chi connectivity index (χ4n) is 3.94. The zero-order valence-electron chi connectivity index (χ0n) is 18.5. The molecule has 7 nitrogen and oxygen atoms in total. The average molecular weight is 486 g/mol. The number of aryl methyl sites for hydroxylation is 1. The number of nitrogen functional groups attached to an aromatic ring is 1. The molecule has 1 saturated heterocycles. The molecule has 0 amide bonds. The normalized spacial score (nSPS) is 13.8. The van der Waals surface area contributed by atoms with Crippen molar-refractivity contribution < 1.29 is 9.53 Å². The number of piperazine rings is 1. The molecule has 0 saturated carbocycles. The Balaban J connectivity index is 1.68.